The van der Waals surface area contributed by atoms with Gasteiger partial charge in [0.05, 0.1) is 35.2 Å². The zero-order valence-corrected chi connectivity index (χ0v) is 26.4. The van der Waals surface area contributed by atoms with Gasteiger partial charge in [-0.05, 0) is 90.8 Å². The Morgan fingerprint density at radius 3 is 2.59 bits per heavy atom. The van der Waals surface area contributed by atoms with Gasteiger partial charge in [-0.2, -0.15) is 0 Å². The van der Waals surface area contributed by atoms with Crippen molar-refractivity contribution < 1.29 is 34.1 Å². The van der Waals surface area contributed by atoms with E-state index in [1.165, 1.54) is 21.6 Å². The molecule has 0 bridgehead atoms. The number of allylic oxidation sites excluding steroid dienone is 2. The van der Waals surface area contributed by atoms with E-state index in [1.807, 2.05) is 12.1 Å². The second-order valence-electron chi connectivity index (χ2n) is 11.4. The predicted octanol–water partition coefficient (Wildman–Crippen LogP) is 6.34. The van der Waals surface area contributed by atoms with E-state index >= 15 is 0 Å². The average molecular weight is 680 g/mol. The minimum absolute atomic E-state index is 0.0521. The molecule has 4 atom stereocenters. The van der Waals surface area contributed by atoms with Crippen molar-refractivity contribution in [3.63, 3.8) is 0 Å². The summed E-state index contributed by atoms with van der Waals surface area (Å²) >= 11 is 2.11. The normalized spacial score (nSPS) is 24.2. The minimum Gasteiger partial charge on any atom is -0.504 e. The molecule has 3 aliphatic rings. The second-order valence-corrected chi connectivity index (χ2v) is 12.5. The van der Waals surface area contributed by atoms with Crippen LogP contribution in [0, 0.1) is 21.3 Å². The number of ether oxygens (including phenoxy) is 2. The van der Waals surface area contributed by atoms with E-state index in [1.54, 1.807) is 7.11 Å². The molecule has 2 N–H and O–H groups in total. The Kier molecular flexibility index (Phi) is 10.9. The number of halogens is 1. The van der Waals surface area contributed by atoms with Crippen LogP contribution in [-0.4, -0.2) is 59.3 Å². The lowest BCUT2D eigenvalue weighted by molar-refractivity contribution is -0.141. The second kappa shape index (κ2) is 14.2. The number of phenols is 1. The number of benzene rings is 1. The van der Waals surface area contributed by atoms with Crippen LogP contribution in [0.4, 0.5) is 0 Å². The highest BCUT2D eigenvalue weighted by Gasteiger charge is 2.56. The maximum atomic E-state index is 13.5. The summed E-state index contributed by atoms with van der Waals surface area (Å²) in [5, 5.41) is 19.1. The number of likely N-dealkylation sites (tertiary alicyclic amines) is 1. The van der Waals surface area contributed by atoms with Crippen LogP contribution in [-0.2, 0) is 19.1 Å². The zero-order valence-electron chi connectivity index (χ0n) is 24.3. The summed E-state index contributed by atoms with van der Waals surface area (Å²) in [6.45, 7) is 5.12. The predicted molar refractivity (Wildman–Crippen MR) is 164 cm³/mol. The van der Waals surface area contributed by atoms with E-state index in [-0.39, 0.29) is 47.8 Å². The van der Waals surface area contributed by atoms with Gasteiger partial charge in [-0.15, -0.1) is 0 Å². The number of unbranched alkanes of at least 4 members (excludes halogenated alkanes) is 2. The van der Waals surface area contributed by atoms with Gasteiger partial charge < -0.3 is 19.7 Å². The van der Waals surface area contributed by atoms with Crippen LogP contribution in [0.1, 0.15) is 83.6 Å². The van der Waals surface area contributed by atoms with Gasteiger partial charge in [0.15, 0.2) is 11.5 Å². The number of nitrogens with zero attached hydrogens (tertiary/aromatic N) is 1. The molecule has 1 aliphatic carbocycles. The molecule has 2 fully saturated rings. The van der Waals surface area contributed by atoms with Crippen molar-refractivity contribution in [2.75, 3.05) is 20.3 Å². The van der Waals surface area contributed by atoms with E-state index in [0.29, 0.717) is 44.6 Å². The molecule has 0 radical (unpaired) electrons. The Hall–Kier alpha value is -2.40. The molecule has 9 heteroatoms. The van der Waals surface area contributed by atoms with Crippen molar-refractivity contribution in [1.29, 1.82) is 0 Å². The van der Waals surface area contributed by atoms with Gasteiger partial charge in [-0.3, -0.25) is 19.3 Å². The molecule has 1 aromatic carbocycles. The lowest BCUT2D eigenvalue weighted by atomic mass is 9.69. The quantitative estimate of drug-likeness (QED) is 0.102. The molecule has 8 nitrogen and oxygen atoms in total. The number of imide groups is 1. The highest BCUT2D eigenvalue weighted by molar-refractivity contribution is 14.1. The molecule has 4 rings (SSSR count). The van der Waals surface area contributed by atoms with Crippen LogP contribution < -0.4 is 4.74 Å². The Morgan fingerprint density at radius 2 is 1.90 bits per heavy atom. The lowest BCUT2D eigenvalue weighted by Gasteiger charge is -2.31. The number of fused-ring (bicyclic) bond motifs is 3. The first kappa shape index (κ1) is 31.5. The van der Waals surface area contributed by atoms with Crippen LogP contribution in [0.2, 0.25) is 0 Å². The van der Waals surface area contributed by atoms with E-state index in [0.717, 1.165) is 41.2 Å². The van der Waals surface area contributed by atoms with Crippen LogP contribution in [0.15, 0.2) is 28.9 Å². The monoisotopic (exact) mass is 679 g/mol. The van der Waals surface area contributed by atoms with Crippen LogP contribution in [0.3, 0.4) is 0 Å². The van der Waals surface area contributed by atoms with Crippen LogP contribution in [0.25, 0.3) is 6.08 Å². The Morgan fingerprint density at radius 1 is 1.12 bits per heavy atom. The molecule has 1 aromatic rings. The molecule has 41 heavy (non-hydrogen) atoms. The number of carbonyl (C=O) groups is 3. The largest absolute Gasteiger partial charge is 0.504 e. The van der Waals surface area contributed by atoms with Crippen molar-refractivity contribution in [2.24, 2.45) is 17.8 Å². The average Bonchev–Trinajstić information content (AvgIpc) is 3.47. The summed E-state index contributed by atoms with van der Waals surface area (Å²) in [5.74, 6) is -1.08. The van der Waals surface area contributed by atoms with Crippen molar-refractivity contribution in [2.45, 2.75) is 84.2 Å². The summed E-state index contributed by atoms with van der Waals surface area (Å²) in [7, 11) is 1.55. The smallest absolute Gasteiger partial charge is 0.303 e. The first-order chi connectivity index (χ1) is 19.7. The number of hydrogen-bond donors (Lipinski definition) is 2. The van der Waals surface area contributed by atoms with Gasteiger partial charge in [0.25, 0.3) is 0 Å². The maximum absolute atomic E-state index is 13.5. The fraction of sp³-hybridized carbons (Fsp3) is 0.594. The zero-order chi connectivity index (χ0) is 29.7. The Bertz CT molecular complexity index is 1220. The van der Waals surface area contributed by atoms with Crippen LogP contribution in [0.5, 0.6) is 11.5 Å². The first-order valence-electron chi connectivity index (χ1n) is 14.9. The minimum atomic E-state index is -0.821. The van der Waals surface area contributed by atoms with E-state index < -0.39 is 5.97 Å². The molecule has 2 amide bonds. The third-order valence-electron chi connectivity index (χ3n) is 8.74. The number of carboxylic acids is 1. The molecule has 0 unspecified atom stereocenters. The third-order valence-corrected chi connectivity index (χ3v) is 9.56. The fourth-order valence-electron chi connectivity index (χ4n) is 6.80. The van der Waals surface area contributed by atoms with Crippen molar-refractivity contribution in [3.8, 4) is 11.5 Å². The molecular weight excluding hydrogens is 637 g/mol. The van der Waals surface area contributed by atoms with E-state index in [4.69, 9.17) is 14.6 Å². The number of aromatic hydroxyl groups is 1. The molecular formula is C32H42INO7. The van der Waals surface area contributed by atoms with E-state index in [2.05, 4.69) is 42.5 Å². The SMILES string of the molecule is CCC/C(=C\c1cc(I)c(O)c(OC)c1)CC[C@H]1OC[C@H]2C1=C(CC)C[C@H]1C(=O)N(CCCCCC(=O)O)C(=O)[C@H]12. The topological polar surface area (TPSA) is 113 Å². The highest BCUT2D eigenvalue weighted by atomic mass is 127. The number of carbonyl (C=O) groups excluding carboxylic acids is 2. The number of methoxy groups -OCH3 is 1. The number of rotatable bonds is 14. The fourth-order valence-corrected chi connectivity index (χ4v) is 7.42. The Balaban J connectivity index is 1.46. The van der Waals surface area contributed by atoms with Crippen molar-refractivity contribution >= 4 is 46.5 Å². The summed E-state index contributed by atoms with van der Waals surface area (Å²) in [4.78, 5) is 39.1. The van der Waals surface area contributed by atoms with Gasteiger partial charge in [0.1, 0.15) is 0 Å². The highest BCUT2D eigenvalue weighted by Crippen LogP contribution is 2.50. The molecule has 0 aromatic heterocycles. The summed E-state index contributed by atoms with van der Waals surface area (Å²) < 4.78 is 12.5. The van der Waals surface area contributed by atoms with E-state index in [9.17, 15) is 19.5 Å². The molecule has 2 aliphatic heterocycles. The van der Waals surface area contributed by atoms with Crippen molar-refractivity contribution in [3.05, 3.63) is 38.0 Å². The van der Waals surface area contributed by atoms with Gasteiger partial charge in [0.2, 0.25) is 11.8 Å². The summed E-state index contributed by atoms with van der Waals surface area (Å²) in [6.07, 6.45) is 9.21. The van der Waals surface area contributed by atoms with Crippen LogP contribution >= 0.6 is 22.6 Å². The van der Waals surface area contributed by atoms with Gasteiger partial charge >= 0.3 is 5.97 Å². The van der Waals surface area contributed by atoms with Gasteiger partial charge in [-0.25, -0.2) is 0 Å². The third kappa shape index (κ3) is 6.98. The molecule has 2 heterocycles. The number of carboxylic acid groups (broad SMARTS) is 1. The van der Waals surface area contributed by atoms with Crippen molar-refractivity contribution in [1.82, 2.24) is 4.90 Å². The molecule has 2 saturated heterocycles. The lowest BCUT2D eigenvalue weighted by Crippen LogP contribution is -2.34. The van der Waals surface area contributed by atoms with Gasteiger partial charge in [-0.1, -0.05) is 43.9 Å². The number of phenolic OH excluding ortho intramolecular Hbond substituents is 1. The maximum Gasteiger partial charge on any atom is 0.303 e. The molecule has 0 spiro atoms. The summed E-state index contributed by atoms with van der Waals surface area (Å²) in [5.41, 5.74) is 4.80. The molecule has 0 saturated carbocycles. The number of aliphatic carboxylic acids is 1. The number of amides is 2. The summed E-state index contributed by atoms with van der Waals surface area (Å²) in [6, 6.07) is 3.81. The number of hydrogen-bond acceptors (Lipinski definition) is 6. The Labute approximate surface area is 256 Å². The molecule has 224 valence electrons. The standard InChI is InChI=1S/C32H42INO7/c1-4-9-19(14-20-15-24(33)30(37)26(16-20)40-3)11-12-25-28-21(5-2)17-22-29(23(28)18-41-25)32(39)34(31(22)38)13-8-6-7-10-27(35)36/h14-16,22-23,25,29,37H,4-13,17-18H2,1-3H3,(H,35,36)/b19-14+/t22-,23+,25-,29-/m1/s1. The van der Waals surface area contributed by atoms with Gasteiger partial charge in [0, 0.05) is 18.9 Å². The first-order valence-corrected chi connectivity index (χ1v) is 15.9.